The van der Waals surface area contributed by atoms with Crippen LogP contribution >= 0.6 is 0 Å². The second kappa shape index (κ2) is 6.74. The second-order valence-electron chi connectivity index (χ2n) is 4.56. The molecule has 1 fully saturated rings. The number of hydrogen-bond acceptors (Lipinski definition) is 3. The van der Waals surface area contributed by atoms with Gasteiger partial charge >= 0.3 is 0 Å². The highest BCUT2D eigenvalue weighted by atomic mass is 16.5. The highest BCUT2D eigenvalue weighted by Crippen LogP contribution is 2.24. The molecule has 1 aromatic rings. The first-order valence-electron chi connectivity index (χ1n) is 6.51. The van der Waals surface area contributed by atoms with Gasteiger partial charge in [-0.3, -0.25) is 0 Å². The summed E-state index contributed by atoms with van der Waals surface area (Å²) in [7, 11) is 0. The number of nitrogens with two attached hydrogens (primary N) is 1. The number of ether oxygens (including phenoxy) is 1. The minimum Gasteiger partial charge on any atom is -0.370 e. The van der Waals surface area contributed by atoms with Gasteiger partial charge in [-0.2, -0.15) is 0 Å². The highest BCUT2D eigenvalue weighted by molar-refractivity contribution is 5.17. The van der Waals surface area contributed by atoms with E-state index in [0.29, 0.717) is 12.6 Å². The van der Waals surface area contributed by atoms with E-state index in [9.17, 15) is 0 Å². The molecule has 17 heavy (non-hydrogen) atoms. The molecule has 3 N–H and O–H groups in total. The molecule has 1 unspecified atom stereocenters. The van der Waals surface area contributed by atoms with Crippen LogP contribution in [-0.4, -0.2) is 25.7 Å². The summed E-state index contributed by atoms with van der Waals surface area (Å²) in [6.07, 6.45) is 3.65. The Balaban J connectivity index is 1.96. The fourth-order valence-electron chi connectivity index (χ4n) is 2.30. The lowest BCUT2D eigenvalue weighted by molar-refractivity contribution is -0.0307. The Labute approximate surface area is 103 Å². The number of piperidine rings is 1. The fraction of sp³-hybridized carbons (Fsp3) is 0.571. The van der Waals surface area contributed by atoms with Gasteiger partial charge in [-0.05, 0) is 44.5 Å². The largest absolute Gasteiger partial charge is 0.370 e. The molecule has 1 aromatic carbocycles. The van der Waals surface area contributed by atoms with Gasteiger partial charge in [0, 0.05) is 0 Å². The average Bonchev–Trinajstić information content (AvgIpc) is 2.40. The normalized spacial score (nSPS) is 19.1. The summed E-state index contributed by atoms with van der Waals surface area (Å²) in [4.78, 5) is 0. The van der Waals surface area contributed by atoms with E-state index in [1.54, 1.807) is 0 Å². The molecule has 0 bridgehead atoms. The molecular formula is C14H22N2O. The van der Waals surface area contributed by atoms with E-state index >= 15 is 0 Å². The molecule has 3 nitrogen and oxygen atoms in total. The Bertz CT molecular complexity index is 309. The van der Waals surface area contributed by atoms with Crippen molar-refractivity contribution in [3.05, 3.63) is 35.9 Å². The quantitative estimate of drug-likeness (QED) is 0.817. The zero-order valence-corrected chi connectivity index (χ0v) is 10.3. The fourth-order valence-corrected chi connectivity index (χ4v) is 2.30. The first-order valence-corrected chi connectivity index (χ1v) is 6.51. The smallest absolute Gasteiger partial charge is 0.0840 e. The third-order valence-electron chi connectivity index (χ3n) is 3.24. The molecule has 1 aliphatic rings. The van der Waals surface area contributed by atoms with Crippen molar-refractivity contribution in [2.24, 2.45) is 5.73 Å². The average molecular weight is 234 g/mol. The van der Waals surface area contributed by atoms with E-state index in [1.807, 2.05) is 6.07 Å². The van der Waals surface area contributed by atoms with Gasteiger partial charge in [0.05, 0.1) is 12.2 Å². The van der Waals surface area contributed by atoms with E-state index in [1.165, 1.54) is 5.56 Å². The minimum atomic E-state index is 0.157. The van der Waals surface area contributed by atoms with Crippen LogP contribution in [0.2, 0.25) is 0 Å². The van der Waals surface area contributed by atoms with Crippen molar-refractivity contribution in [2.75, 3.05) is 19.6 Å². The Kier molecular flexibility index (Phi) is 4.98. The van der Waals surface area contributed by atoms with Gasteiger partial charge in [-0.1, -0.05) is 30.3 Å². The zero-order chi connectivity index (χ0) is 11.9. The number of rotatable bonds is 5. The molecule has 0 spiro atoms. The van der Waals surface area contributed by atoms with Crippen LogP contribution in [0.1, 0.15) is 30.9 Å². The maximum atomic E-state index is 6.20. The lowest BCUT2D eigenvalue weighted by atomic mass is 10.0. The van der Waals surface area contributed by atoms with Crippen molar-refractivity contribution in [2.45, 2.75) is 31.5 Å². The summed E-state index contributed by atoms with van der Waals surface area (Å²) in [5.41, 5.74) is 6.93. The number of hydrogen-bond donors (Lipinski definition) is 2. The van der Waals surface area contributed by atoms with Gasteiger partial charge in [0.15, 0.2) is 0 Å². The molecular weight excluding hydrogens is 212 g/mol. The molecule has 1 heterocycles. The molecule has 1 atom stereocenters. The zero-order valence-electron chi connectivity index (χ0n) is 10.3. The van der Waals surface area contributed by atoms with E-state index in [4.69, 9.17) is 10.5 Å². The molecule has 0 aromatic heterocycles. The molecule has 1 saturated heterocycles. The van der Waals surface area contributed by atoms with E-state index in [0.717, 1.165) is 32.4 Å². The Morgan fingerprint density at radius 1 is 1.24 bits per heavy atom. The predicted molar refractivity (Wildman–Crippen MR) is 69.8 cm³/mol. The molecule has 3 heteroatoms. The summed E-state index contributed by atoms with van der Waals surface area (Å²) >= 11 is 0. The highest BCUT2D eigenvalue weighted by Gasteiger charge is 2.19. The first-order chi connectivity index (χ1) is 8.40. The SMILES string of the molecule is NCCC(OC1CCNCC1)c1ccccc1. The van der Waals surface area contributed by atoms with Gasteiger partial charge in [0.2, 0.25) is 0 Å². The Morgan fingerprint density at radius 3 is 2.59 bits per heavy atom. The summed E-state index contributed by atoms with van der Waals surface area (Å²) < 4.78 is 6.20. The minimum absolute atomic E-state index is 0.157. The standard InChI is InChI=1S/C14H22N2O/c15-9-6-14(12-4-2-1-3-5-12)17-13-7-10-16-11-8-13/h1-5,13-14,16H,6-11,15H2. The van der Waals surface area contributed by atoms with Gasteiger partial charge in [0.25, 0.3) is 0 Å². The van der Waals surface area contributed by atoms with Crippen LogP contribution in [-0.2, 0) is 4.74 Å². The third kappa shape index (κ3) is 3.80. The van der Waals surface area contributed by atoms with Gasteiger partial charge in [-0.25, -0.2) is 0 Å². The Hall–Kier alpha value is -0.900. The van der Waals surface area contributed by atoms with Crippen molar-refractivity contribution in [3.63, 3.8) is 0 Å². The summed E-state index contributed by atoms with van der Waals surface area (Å²) in [5, 5.41) is 3.36. The van der Waals surface area contributed by atoms with Crippen LogP contribution in [0.25, 0.3) is 0 Å². The van der Waals surface area contributed by atoms with Crippen LogP contribution in [0.5, 0.6) is 0 Å². The molecule has 94 valence electrons. The van der Waals surface area contributed by atoms with Crippen molar-refractivity contribution in [1.82, 2.24) is 5.32 Å². The van der Waals surface area contributed by atoms with Crippen LogP contribution in [0.15, 0.2) is 30.3 Å². The summed E-state index contributed by atoms with van der Waals surface area (Å²) in [5.74, 6) is 0. The second-order valence-corrected chi connectivity index (χ2v) is 4.56. The summed E-state index contributed by atoms with van der Waals surface area (Å²) in [6.45, 7) is 2.80. The molecule has 1 aliphatic heterocycles. The Morgan fingerprint density at radius 2 is 1.94 bits per heavy atom. The van der Waals surface area contributed by atoms with Crippen LogP contribution in [0.3, 0.4) is 0 Å². The third-order valence-corrected chi connectivity index (χ3v) is 3.24. The van der Waals surface area contributed by atoms with Gasteiger partial charge in [-0.15, -0.1) is 0 Å². The predicted octanol–water partition coefficient (Wildman–Crippen LogP) is 1.85. The molecule has 2 rings (SSSR count). The van der Waals surface area contributed by atoms with Crippen molar-refractivity contribution < 1.29 is 4.74 Å². The molecule has 0 radical (unpaired) electrons. The maximum absolute atomic E-state index is 6.20. The summed E-state index contributed by atoms with van der Waals surface area (Å²) in [6, 6.07) is 10.4. The molecule has 0 amide bonds. The molecule has 0 aliphatic carbocycles. The number of benzene rings is 1. The van der Waals surface area contributed by atoms with Crippen molar-refractivity contribution in [1.29, 1.82) is 0 Å². The monoisotopic (exact) mass is 234 g/mol. The lowest BCUT2D eigenvalue weighted by Gasteiger charge is -2.28. The lowest BCUT2D eigenvalue weighted by Crippen LogP contribution is -2.33. The van der Waals surface area contributed by atoms with Gasteiger partial charge in [0.1, 0.15) is 0 Å². The number of nitrogens with one attached hydrogen (secondary N) is 1. The van der Waals surface area contributed by atoms with E-state index in [2.05, 4.69) is 29.6 Å². The molecule has 0 saturated carbocycles. The van der Waals surface area contributed by atoms with Crippen LogP contribution < -0.4 is 11.1 Å². The topological polar surface area (TPSA) is 47.3 Å². The van der Waals surface area contributed by atoms with E-state index in [-0.39, 0.29) is 6.10 Å². The van der Waals surface area contributed by atoms with Crippen molar-refractivity contribution >= 4 is 0 Å². The van der Waals surface area contributed by atoms with Gasteiger partial charge < -0.3 is 15.8 Å². The van der Waals surface area contributed by atoms with Crippen molar-refractivity contribution in [3.8, 4) is 0 Å². The van der Waals surface area contributed by atoms with E-state index < -0.39 is 0 Å². The van der Waals surface area contributed by atoms with Crippen LogP contribution in [0, 0.1) is 0 Å². The maximum Gasteiger partial charge on any atom is 0.0840 e. The van der Waals surface area contributed by atoms with Crippen LogP contribution in [0.4, 0.5) is 0 Å². The first kappa shape index (κ1) is 12.6.